The van der Waals surface area contributed by atoms with Gasteiger partial charge in [0.25, 0.3) is 0 Å². The zero-order valence-corrected chi connectivity index (χ0v) is 15.3. The van der Waals surface area contributed by atoms with Crippen molar-refractivity contribution < 1.29 is 9.90 Å². The third-order valence-corrected chi connectivity index (χ3v) is 4.20. The van der Waals surface area contributed by atoms with Gasteiger partial charge in [-0.2, -0.15) is 0 Å². The van der Waals surface area contributed by atoms with Gasteiger partial charge in [0.05, 0.1) is 6.10 Å². The van der Waals surface area contributed by atoms with Crippen LogP contribution in [0.15, 0.2) is 34.9 Å². The summed E-state index contributed by atoms with van der Waals surface area (Å²) in [6.45, 7) is 9.70. The number of nitrogens with zero attached hydrogens (tertiary/aromatic N) is 1. The van der Waals surface area contributed by atoms with Crippen LogP contribution >= 0.6 is 0 Å². The molecule has 1 heterocycles. The van der Waals surface area contributed by atoms with Crippen molar-refractivity contribution in [3.05, 3.63) is 34.9 Å². The Morgan fingerprint density at radius 3 is 2.39 bits per heavy atom. The number of piperidine rings is 1. The van der Waals surface area contributed by atoms with Gasteiger partial charge in [-0.1, -0.05) is 28.9 Å². The van der Waals surface area contributed by atoms with Crippen LogP contribution in [0, 0.1) is 0 Å². The first-order valence-electron chi connectivity index (χ1n) is 8.81. The minimum atomic E-state index is -0.354. The highest BCUT2D eigenvalue weighted by molar-refractivity contribution is 5.88. The van der Waals surface area contributed by atoms with Gasteiger partial charge in [-0.25, -0.2) is 0 Å². The molecule has 0 aromatic rings. The van der Waals surface area contributed by atoms with Crippen molar-refractivity contribution in [1.82, 2.24) is 4.90 Å². The van der Waals surface area contributed by atoms with Crippen molar-refractivity contribution in [3.8, 4) is 0 Å². The fourth-order valence-corrected chi connectivity index (χ4v) is 2.77. The average molecular weight is 319 g/mol. The quantitative estimate of drug-likeness (QED) is 0.558. The zero-order valence-electron chi connectivity index (χ0n) is 15.3. The lowest BCUT2D eigenvalue weighted by molar-refractivity contribution is -0.129. The summed E-state index contributed by atoms with van der Waals surface area (Å²) in [6.07, 6.45) is 11.8. The number of aliphatic hydroxyl groups is 1. The summed E-state index contributed by atoms with van der Waals surface area (Å²) in [5, 5.41) is 9.64. The van der Waals surface area contributed by atoms with Crippen molar-refractivity contribution in [2.75, 3.05) is 13.1 Å². The molecule has 1 saturated heterocycles. The lowest BCUT2D eigenvalue weighted by Crippen LogP contribution is -2.41. The number of carbonyl (C=O) groups excluding carboxylic acids is 1. The Morgan fingerprint density at radius 2 is 1.74 bits per heavy atom. The van der Waals surface area contributed by atoms with Crippen molar-refractivity contribution in [2.45, 2.75) is 72.3 Å². The lowest BCUT2D eigenvalue weighted by Gasteiger charge is -2.29. The molecule has 0 bridgehead atoms. The minimum Gasteiger partial charge on any atom is -0.391 e. The molecule has 1 fully saturated rings. The Labute approximate surface area is 141 Å². The Hall–Kier alpha value is -1.35. The fourth-order valence-electron chi connectivity index (χ4n) is 2.77. The summed E-state index contributed by atoms with van der Waals surface area (Å²) in [5.74, 6) is 0.0468. The number of hydrogen-bond donors (Lipinski definition) is 1. The van der Waals surface area contributed by atoms with Crippen molar-refractivity contribution in [2.24, 2.45) is 0 Å². The molecule has 0 radical (unpaired) electrons. The molecule has 3 nitrogen and oxygen atoms in total. The largest absolute Gasteiger partial charge is 0.391 e. The van der Waals surface area contributed by atoms with E-state index in [1.165, 1.54) is 11.1 Å². The number of amides is 1. The van der Waals surface area contributed by atoms with Crippen LogP contribution in [0.25, 0.3) is 0 Å². The number of allylic oxidation sites excluding steroid dienone is 5. The van der Waals surface area contributed by atoms with Gasteiger partial charge in [0.1, 0.15) is 0 Å². The van der Waals surface area contributed by atoms with E-state index < -0.39 is 0 Å². The first kappa shape index (κ1) is 19.7. The second-order valence-electron chi connectivity index (χ2n) is 6.98. The Morgan fingerprint density at radius 1 is 1.09 bits per heavy atom. The van der Waals surface area contributed by atoms with Crippen molar-refractivity contribution >= 4 is 5.91 Å². The Bertz CT molecular complexity index is 470. The van der Waals surface area contributed by atoms with Crippen LogP contribution in [0.5, 0.6) is 0 Å². The van der Waals surface area contributed by atoms with Crippen LogP contribution in [0.1, 0.15) is 66.2 Å². The molecular formula is C20H33NO2. The molecular weight excluding hydrogens is 286 g/mol. The molecule has 1 aliphatic rings. The molecule has 0 saturated carbocycles. The summed E-state index contributed by atoms with van der Waals surface area (Å²) >= 11 is 0. The maximum Gasteiger partial charge on any atom is 0.246 e. The van der Waals surface area contributed by atoms with E-state index in [1.54, 1.807) is 11.0 Å². The summed E-state index contributed by atoms with van der Waals surface area (Å²) in [7, 11) is 0. The molecule has 0 aromatic carbocycles. The molecule has 3 heteroatoms. The molecule has 1 N–H and O–H groups in total. The summed E-state index contributed by atoms with van der Waals surface area (Å²) in [6, 6.07) is 0. The molecule has 0 aliphatic carbocycles. The van der Waals surface area contributed by atoms with Crippen LogP contribution in [0.2, 0.25) is 0 Å². The van der Waals surface area contributed by atoms with E-state index in [0.717, 1.165) is 50.6 Å². The molecule has 1 aliphatic heterocycles. The number of aliphatic hydroxyl groups excluding tert-OH is 1. The second-order valence-corrected chi connectivity index (χ2v) is 6.98. The maximum atomic E-state index is 12.2. The SMILES string of the molecule is CC(C)=CCC/C(C)=C/CC/C(C)=C/C(=O)N1CCCC(O)C1. The van der Waals surface area contributed by atoms with Gasteiger partial charge in [0.2, 0.25) is 5.91 Å². The van der Waals surface area contributed by atoms with E-state index in [2.05, 4.69) is 32.9 Å². The predicted molar refractivity (Wildman–Crippen MR) is 97.2 cm³/mol. The molecule has 130 valence electrons. The third-order valence-electron chi connectivity index (χ3n) is 4.20. The topological polar surface area (TPSA) is 40.5 Å². The number of β-amino-alcohol motifs (C(OH)–C–C–N with tert-alkyl or cyclic N) is 1. The highest BCUT2D eigenvalue weighted by Crippen LogP contribution is 2.14. The number of hydrogen-bond acceptors (Lipinski definition) is 2. The lowest BCUT2D eigenvalue weighted by atomic mass is 10.1. The molecule has 23 heavy (non-hydrogen) atoms. The Balaban J connectivity index is 2.35. The van der Waals surface area contributed by atoms with E-state index in [0.29, 0.717) is 6.54 Å². The van der Waals surface area contributed by atoms with E-state index in [4.69, 9.17) is 0 Å². The average Bonchev–Trinajstić information content (AvgIpc) is 2.46. The molecule has 0 spiro atoms. The summed E-state index contributed by atoms with van der Waals surface area (Å²) < 4.78 is 0. The fraction of sp³-hybridized carbons (Fsp3) is 0.650. The van der Waals surface area contributed by atoms with Gasteiger partial charge in [0.15, 0.2) is 0 Å². The van der Waals surface area contributed by atoms with Gasteiger partial charge in [-0.15, -0.1) is 0 Å². The predicted octanol–water partition coefficient (Wildman–Crippen LogP) is 4.39. The van der Waals surface area contributed by atoms with Crippen LogP contribution in [-0.4, -0.2) is 35.1 Å². The summed E-state index contributed by atoms with van der Waals surface area (Å²) in [5.41, 5.74) is 3.90. The monoisotopic (exact) mass is 319 g/mol. The van der Waals surface area contributed by atoms with Crippen molar-refractivity contribution in [3.63, 3.8) is 0 Å². The molecule has 0 aromatic heterocycles. The van der Waals surface area contributed by atoms with Gasteiger partial charge < -0.3 is 10.0 Å². The summed E-state index contributed by atoms with van der Waals surface area (Å²) in [4.78, 5) is 13.9. The molecule has 1 rings (SSSR count). The smallest absolute Gasteiger partial charge is 0.246 e. The van der Waals surface area contributed by atoms with E-state index >= 15 is 0 Å². The van der Waals surface area contributed by atoms with Crippen molar-refractivity contribution in [1.29, 1.82) is 0 Å². The van der Waals surface area contributed by atoms with E-state index in [9.17, 15) is 9.90 Å². The first-order chi connectivity index (χ1) is 10.9. The van der Waals surface area contributed by atoms with Crippen LogP contribution in [0.3, 0.4) is 0 Å². The van der Waals surface area contributed by atoms with Gasteiger partial charge >= 0.3 is 0 Å². The third kappa shape index (κ3) is 8.75. The number of carbonyl (C=O) groups is 1. The van der Waals surface area contributed by atoms with Crippen LogP contribution < -0.4 is 0 Å². The second kappa shape index (κ2) is 10.4. The first-order valence-corrected chi connectivity index (χ1v) is 8.81. The zero-order chi connectivity index (χ0) is 17.2. The highest BCUT2D eigenvalue weighted by Gasteiger charge is 2.20. The normalized spacial score (nSPS) is 19.7. The van der Waals surface area contributed by atoms with E-state index in [1.807, 2.05) is 6.92 Å². The number of rotatable bonds is 7. The number of likely N-dealkylation sites (tertiary alicyclic amines) is 1. The van der Waals surface area contributed by atoms with Gasteiger partial charge in [-0.05, 0) is 66.2 Å². The molecule has 1 atom stereocenters. The van der Waals surface area contributed by atoms with Crippen LogP contribution in [0.4, 0.5) is 0 Å². The highest BCUT2D eigenvalue weighted by atomic mass is 16.3. The molecule has 1 unspecified atom stereocenters. The van der Waals surface area contributed by atoms with Gasteiger partial charge in [0, 0.05) is 19.2 Å². The van der Waals surface area contributed by atoms with Crippen LogP contribution in [-0.2, 0) is 4.79 Å². The minimum absolute atomic E-state index is 0.0468. The maximum absolute atomic E-state index is 12.2. The molecule has 1 amide bonds. The Kier molecular flexibility index (Phi) is 8.93. The van der Waals surface area contributed by atoms with E-state index in [-0.39, 0.29) is 12.0 Å². The standard InChI is InChI=1S/C20H33NO2/c1-16(2)8-5-9-17(3)10-6-11-18(4)14-20(23)21-13-7-12-19(22)15-21/h8,10,14,19,22H,5-7,9,11-13,15H2,1-4H3/b17-10+,18-14+. The van der Waals surface area contributed by atoms with Gasteiger partial charge in [-0.3, -0.25) is 4.79 Å².